The molecule has 0 bridgehead atoms. The number of hydrogen-bond acceptors (Lipinski definition) is 7. The van der Waals surface area contributed by atoms with Gasteiger partial charge in [0.1, 0.15) is 10.7 Å². The number of carbonyl (C=O) groups excluding carboxylic acids is 2. The van der Waals surface area contributed by atoms with E-state index in [0.29, 0.717) is 30.2 Å². The van der Waals surface area contributed by atoms with Crippen molar-refractivity contribution in [2.45, 2.75) is 65.1 Å². The summed E-state index contributed by atoms with van der Waals surface area (Å²) in [6, 6.07) is 9.36. The Kier molecular flexibility index (Phi) is 10.7. The highest BCUT2D eigenvalue weighted by molar-refractivity contribution is 7.09. The number of carbonyl (C=O) groups is 3. The number of rotatable bonds is 13. The highest BCUT2D eigenvalue weighted by atomic mass is 32.1. The molecule has 1 amide bonds. The number of ether oxygens (including phenoxy) is 1. The second-order valence-corrected chi connectivity index (χ2v) is 9.77. The van der Waals surface area contributed by atoms with Crippen LogP contribution in [0.25, 0.3) is 0 Å². The van der Waals surface area contributed by atoms with Gasteiger partial charge in [-0.15, -0.1) is 11.3 Å². The summed E-state index contributed by atoms with van der Waals surface area (Å²) in [6.45, 7) is 7.15. The molecule has 9 heteroatoms. The molecule has 2 rings (SSSR count). The minimum atomic E-state index is -0.906. The third-order valence-corrected chi connectivity index (χ3v) is 6.64. The molecule has 186 valence electrons. The van der Waals surface area contributed by atoms with Gasteiger partial charge in [-0.1, -0.05) is 51.1 Å². The van der Waals surface area contributed by atoms with E-state index in [9.17, 15) is 19.5 Å². The highest BCUT2D eigenvalue weighted by Gasteiger charge is 2.27. The van der Waals surface area contributed by atoms with E-state index >= 15 is 0 Å². The number of carboxylic acids is 1. The highest BCUT2D eigenvalue weighted by Crippen LogP contribution is 2.28. The molecule has 1 aromatic heterocycles. The minimum absolute atomic E-state index is 0.110. The molecule has 3 N–H and O–H groups in total. The van der Waals surface area contributed by atoms with Gasteiger partial charge in [-0.3, -0.25) is 14.4 Å². The lowest BCUT2D eigenvalue weighted by molar-refractivity contribution is -0.147. The minimum Gasteiger partial charge on any atom is -0.481 e. The Bertz CT molecular complexity index is 947. The number of aromatic nitrogens is 1. The van der Waals surface area contributed by atoms with Crippen LogP contribution in [0.15, 0.2) is 35.7 Å². The number of nitrogens with zero attached hydrogens (tertiary/aromatic N) is 1. The van der Waals surface area contributed by atoms with Crippen molar-refractivity contribution >= 4 is 29.2 Å². The van der Waals surface area contributed by atoms with Crippen molar-refractivity contribution in [3.05, 3.63) is 52.0 Å². The van der Waals surface area contributed by atoms with Crippen molar-refractivity contribution in [1.29, 1.82) is 0 Å². The van der Waals surface area contributed by atoms with E-state index in [2.05, 4.69) is 29.5 Å². The zero-order chi connectivity index (χ0) is 25.3. The monoisotopic (exact) mass is 489 g/mol. The Hall–Kier alpha value is -2.78. The van der Waals surface area contributed by atoms with Crippen LogP contribution in [0.3, 0.4) is 0 Å². The maximum absolute atomic E-state index is 13.0. The van der Waals surface area contributed by atoms with Gasteiger partial charge in [0.05, 0.1) is 5.92 Å². The molecular formula is C25H35N3O5S. The third-order valence-electron chi connectivity index (χ3n) is 5.70. The first-order valence-corrected chi connectivity index (χ1v) is 12.4. The zero-order valence-corrected chi connectivity index (χ0v) is 21.2. The molecule has 0 saturated heterocycles. The van der Waals surface area contributed by atoms with Gasteiger partial charge in [0.15, 0.2) is 6.10 Å². The van der Waals surface area contributed by atoms with Crippen LogP contribution < -0.4 is 10.6 Å². The molecule has 34 heavy (non-hydrogen) atoms. The van der Waals surface area contributed by atoms with Crippen LogP contribution in [-0.4, -0.2) is 47.1 Å². The number of amides is 1. The van der Waals surface area contributed by atoms with E-state index in [4.69, 9.17) is 4.74 Å². The van der Waals surface area contributed by atoms with Crippen molar-refractivity contribution in [2.24, 2.45) is 11.8 Å². The molecular weight excluding hydrogens is 454 g/mol. The van der Waals surface area contributed by atoms with Crippen LogP contribution in [-0.2, 0) is 20.7 Å². The fraction of sp³-hybridized carbons (Fsp3) is 0.520. The summed E-state index contributed by atoms with van der Waals surface area (Å²) in [5.74, 6) is -1.98. The molecule has 1 aromatic carbocycles. The molecule has 4 atom stereocenters. The number of aliphatic carboxylic acids is 1. The van der Waals surface area contributed by atoms with Crippen LogP contribution in [0.5, 0.6) is 0 Å². The standard InChI is InChI=1S/C25H35N3O5S/c1-15(2)20(26-5)13-22(33-17(4)29)24-28-21(14-34-24)23(30)27-19(11-16(3)25(31)32)12-18-9-7-6-8-10-18/h6-10,14-16,19-20,22,26H,11-13H2,1-5H3,(H,27,30)(H,31,32)/t16-,19+,20?,22+/m0/s1. The number of nitrogens with one attached hydrogen (secondary N) is 2. The van der Waals surface area contributed by atoms with Gasteiger partial charge >= 0.3 is 11.9 Å². The summed E-state index contributed by atoms with van der Waals surface area (Å²) in [4.78, 5) is 40.6. The first-order valence-electron chi connectivity index (χ1n) is 11.5. The molecule has 1 unspecified atom stereocenters. The van der Waals surface area contributed by atoms with E-state index < -0.39 is 24.0 Å². The summed E-state index contributed by atoms with van der Waals surface area (Å²) < 4.78 is 5.52. The van der Waals surface area contributed by atoms with Gasteiger partial charge in [-0.05, 0) is 31.4 Å². The number of esters is 1. The van der Waals surface area contributed by atoms with Crippen molar-refractivity contribution < 1.29 is 24.2 Å². The maximum atomic E-state index is 13.0. The second kappa shape index (κ2) is 13.2. The zero-order valence-electron chi connectivity index (χ0n) is 20.4. The Balaban J connectivity index is 2.18. The third kappa shape index (κ3) is 8.53. The predicted molar refractivity (Wildman–Crippen MR) is 132 cm³/mol. The van der Waals surface area contributed by atoms with Crippen LogP contribution in [0.1, 0.15) is 67.7 Å². The largest absolute Gasteiger partial charge is 0.481 e. The molecule has 0 fully saturated rings. The fourth-order valence-electron chi connectivity index (χ4n) is 3.77. The van der Waals surface area contributed by atoms with Gasteiger partial charge in [0, 0.05) is 30.8 Å². The molecule has 0 aliphatic rings. The summed E-state index contributed by atoms with van der Waals surface area (Å²) in [6.07, 6.45) is 0.780. The molecule has 0 aliphatic carbocycles. The number of benzene rings is 1. The summed E-state index contributed by atoms with van der Waals surface area (Å²) in [5.41, 5.74) is 1.23. The van der Waals surface area contributed by atoms with Crippen LogP contribution >= 0.6 is 11.3 Å². The summed E-state index contributed by atoms with van der Waals surface area (Å²) in [7, 11) is 1.86. The van der Waals surface area contributed by atoms with E-state index in [-0.39, 0.29) is 23.7 Å². The molecule has 8 nitrogen and oxygen atoms in total. The second-order valence-electron chi connectivity index (χ2n) is 8.88. The maximum Gasteiger partial charge on any atom is 0.306 e. The number of hydrogen-bond donors (Lipinski definition) is 3. The van der Waals surface area contributed by atoms with Gasteiger partial charge in [-0.25, -0.2) is 4.98 Å². The Morgan fingerprint density at radius 2 is 1.79 bits per heavy atom. The Labute approximate surface area is 205 Å². The van der Waals surface area contributed by atoms with Gasteiger partial charge in [-0.2, -0.15) is 0 Å². The van der Waals surface area contributed by atoms with Crippen molar-refractivity contribution in [2.75, 3.05) is 7.05 Å². The van der Waals surface area contributed by atoms with Crippen LogP contribution in [0.2, 0.25) is 0 Å². The first kappa shape index (κ1) is 27.5. The van der Waals surface area contributed by atoms with E-state index in [0.717, 1.165) is 5.56 Å². The lowest BCUT2D eigenvalue weighted by Gasteiger charge is -2.24. The fourth-order valence-corrected chi connectivity index (χ4v) is 4.61. The molecule has 0 aliphatic heterocycles. The van der Waals surface area contributed by atoms with Gasteiger partial charge in [0.25, 0.3) is 5.91 Å². The smallest absolute Gasteiger partial charge is 0.306 e. The molecule has 0 spiro atoms. The van der Waals surface area contributed by atoms with Crippen LogP contribution in [0, 0.1) is 11.8 Å². The lowest BCUT2D eigenvalue weighted by atomic mass is 9.96. The molecule has 0 saturated carbocycles. The SMILES string of the molecule is CNC(C[C@@H](OC(C)=O)c1nc(C(=O)N[C@@H](Cc2ccccc2)C[C@H](C)C(=O)O)cs1)C(C)C. The number of thiazole rings is 1. The average Bonchev–Trinajstić information content (AvgIpc) is 3.27. The average molecular weight is 490 g/mol. The molecule has 2 aromatic rings. The lowest BCUT2D eigenvalue weighted by Crippen LogP contribution is -2.38. The topological polar surface area (TPSA) is 118 Å². The summed E-state index contributed by atoms with van der Waals surface area (Å²) in [5, 5.41) is 17.7. The van der Waals surface area contributed by atoms with E-state index in [1.165, 1.54) is 18.3 Å². The normalized spacial score (nSPS) is 14.8. The summed E-state index contributed by atoms with van der Waals surface area (Å²) >= 11 is 1.27. The first-order chi connectivity index (χ1) is 16.1. The van der Waals surface area contributed by atoms with Gasteiger partial charge in [0.2, 0.25) is 0 Å². The predicted octanol–water partition coefficient (Wildman–Crippen LogP) is 3.83. The van der Waals surface area contributed by atoms with Crippen molar-refractivity contribution in [3.63, 3.8) is 0 Å². The van der Waals surface area contributed by atoms with E-state index in [1.807, 2.05) is 37.4 Å². The van der Waals surface area contributed by atoms with Gasteiger partial charge < -0.3 is 20.5 Å². The quantitative estimate of drug-likeness (QED) is 0.366. The number of carboxylic acid groups (broad SMARTS) is 1. The molecule has 0 radical (unpaired) electrons. The van der Waals surface area contributed by atoms with Crippen molar-refractivity contribution in [3.8, 4) is 0 Å². The molecule has 1 heterocycles. The van der Waals surface area contributed by atoms with Crippen LogP contribution in [0.4, 0.5) is 0 Å². The Morgan fingerprint density at radius 1 is 1.12 bits per heavy atom. The Morgan fingerprint density at radius 3 is 2.35 bits per heavy atom. The van der Waals surface area contributed by atoms with E-state index in [1.54, 1.807) is 12.3 Å². The van der Waals surface area contributed by atoms with Crippen molar-refractivity contribution in [1.82, 2.24) is 15.6 Å².